The van der Waals surface area contributed by atoms with Crippen molar-refractivity contribution in [2.45, 2.75) is 32.0 Å². The van der Waals surface area contributed by atoms with Crippen LogP contribution < -0.4 is 10.6 Å². The van der Waals surface area contributed by atoms with Crippen molar-refractivity contribution in [3.05, 3.63) is 34.4 Å². The molecule has 0 amide bonds. The van der Waals surface area contributed by atoms with E-state index in [1.807, 2.05) is 6.92 Å². The fourth-order valence-electron chi connectivity index (χ4n) is 3.55. The zero-order chi connectivity index (χ0) is 19.8. The zero-order valence-electron chi connectivity index (χ0n) is 16.7. The quantitative estimate of drug-likeness (QED) is 0.143. The lowest BCUT2D eigenvalue weighted by atomic mass is 10.1. The van der Waals surface area contributed by atoms with E-state index < -0.39 is 0 Å². The fourth-order valence-corrected chi connectivity index (χ4v) is 3.55. The first kappa shape index (κ1) is 23.6. The largest absolute Gasteiger partial charge is 0.378 e. The summed E-state index contributed by atoms with van der Waals surface area (Å²) in [6.45, 7) is 6.85. The summed E-state index contributed by atoms with van der Waals surface area (Å²) in [5, 5.41) is 17.5. The molecule has 2 N–H and O–H groups in total. The number of hydrogen-bond acceptors (Lipinski definition) is 6. The van der Waals surface area contributed by atoms with Gasteiger partial charge in [-0.25, -0.2) is 0 Å². The van der Waals surface area contributed by atoms with Crippen molar-refractivity contribution < 1.29 is 14.4 Å². The molecule has 0 bridgehead atoms. The van der Waals surface area contributed by atoms with Crippen molar-refractivity contribution in [2.75, 3.05) is 51.3 Å². The lowest BCUT2D eigenvalue weighted by molar-refractivity contribution is -0.384. The average Bonchev–Trinajstić information content (AvgIpc) is 3.25. The number of guanidine groups is 1. The van der Waals surface area contributed by atoms with Crippen LogP contribution in [0, 0.1) is 10.1 Å². The SMILES string of the molecule is CCNC(=NCCNc1ccccc1[N+](=O)[O-])N1CCOC(C2CCCO2)C1.I. The van der Waals surface area contributed by atoms with Crippen molar-refractivity contribution >= 4 is 41.3 Å². The van der Waals surface area contributed by atoms with Gasteiger partial charge in [0.2, 0.25) is 0 Å². The van der Waals surface area contributed by atoms with Gasteiger partial charge in [0.15, 0.2) is 5.96 Å². The van der Waals surface area contributed by atoms with Crippen LogP contribution in [0.4, 0.5) is 11.4 Å². The molecule has 1 aromatic carbocycles. The van der Waals surface area contributed by atoms with Crippen LogP contribution in [0.25, 0.3) is 0 Å². The van der Waals surface area contributed by atoms with Crippen molar-refractivity contribution in [1.29, 1.82) is 0 Å². The Balaban J connectivity index is 0.00000300. The molecular formula is C19H30IN5O4. The average molecular weight is 519 g/mol. The van der Waals surface area contributed by atoms with E-state index >= 15 is 0 Å². The minimum Gasteiger partial charge on any atom is -0.378 e. The van der Waals surface area contributed by atoms with Gasteiger partial charge in [0, 0.05) is 38.9 Å². The van der Waals surface area contributed by atoms with Crippen molar-refractivity contribution in [3.63, 3.8) is 0 Å². The third kappa shape index (κ3) is 6.68. The van der Waals surface area contributed by atoms with Gasteiger partial charge in [-0.1, -0.05) is 12.1 Å². The van der Waals surface area contributed by atoms with Crippen molar-refractivity contribution in [1.82, 2.24) is 10.2 Å². The van der Waals surface area contributed by atoms with Gasteiger partial charge >= 0.3 is 0 Å². The maximum atomic E-state index is 11.1. The van der Waals surface area contributed by atoms with Crippen LogP contribution in [0.3, 0.4) is 0 Å². The molecule has 2 saturated heterocycles. The normalized spacial score (nSPS) is 22.1. The smallest absolute Gasteiger partial charge is 0.292 e. The van der Waals surface area contributed by atoms with Crippen LogP contribution in [-0.4, -0.2) is 73.9 Å². The lowest BCUT2D eigenvalue weighted by Crippen LogP contribution is -2.53. The van der Waals surface area contributed by atoms with E-state index in [-0.39, 0.29) is 46.8 Å². The Morgan fingerprint density at radius 1 is 1.31 bits per heavy atom. The number of hydrogen-bond donors (Lipinski definition) is 2. The Morgan fingerprint density at radius 2 is 2.10 bits per heavy atom. The van der Waals surface area contributed by atoms with Gasteiger partial charge < -0.3 is 25.0 Å². The van der Waals surface area contributed by atoms with Crippen LogP contribution in [0.1, 0.15) is 19.8 Å². The second kappa shape index (κ2) is 12.1. The Labute approximate surface area is 188 Å². The Hall–Kier alpha value is -1.66. The first-order chi connectivity index (χ1) is 13.7. The van der Waals surface area contributed by atoms with E-state index in [1.54, 1.807) is 18.2 Å². The molecule has 0 spiro atoms. The number of ether oxygens (including phenoxy) is 2. The Bertz CT molecular complexity index is 684. The predicted molar refractivity (Wildman–Crippen MR) is 123 cm³/mol. The van der Waals surface area contributed by atoms with Gasteiger partial charge in [0.25, 0.3) is 5.69 Å². The van der Waals surface area contributed by atoms with Gasteiger partial charge in [-0.3, -0.25) is 15.1 Å². The summed E-state index contributed by atoms with van der Waals surface area (Å²) < 4.78 is 11.7. The van der Waals surface area contributed by atoms with Crippen LogP contribution in [0.5, 0.6) is 0 Å². The van der Waals surface area contributed by atoms with Crippen LogP contribution in [0.15, 0.2) is 29.3 Å². The van der Waals surface area contributed by atoms with Gasteiger partial charge in [-0.05, 0) is 25.8 Å². The van der Waals surface area contributed by atoms with E-state index in [4.69, 9.17) is 14.5 Å². The Morgan fingerprint density at radius 3 is 2.83 bits per heavy atom. The molecule has 2 atom stereocenters. The summed E-state index contributed by atoms with van der Waals surface area (Å²) in [7, 11) is 0. The minimum atomic E-state index is -0.380. The number of halogens is 1. The number of rotatable bonds is 7. The molecule has 2 aliphatic rings. The second-order valence-corrected chi connectivity index (χ2v) is 6.84. The van der Waals surface area contributed by atoms with E-state index in [9.17, 15) is 10.1 Å². The fraction of sp³-hybridized carbons (Fsp3) is 0.632. The molecule has 2 heterocycles. The summed E-state index contributed by atoms with van der Waals surface area (Å²) in [5.74, 6) is 0.846. The van der Waals surface area contributed by atoms with E-state index in [1.165, 1.54) is 6.07 Å². The number of morpholine rings is 1. The van der Waals surface area contributed by atoms with Crippen molar-refractivity contribution in [2.24, 2.45) is 4.99 Å². The zero-order valence-corrected chi connectivity index (χ0v) is 19.0. The standard InChI is InChI=1S/C19H29N5O4.HI/c1-2-20-19(23-11-13-28-18(14-23)17-8-5-12-27-17)22-10-9-21-15-6-3-4-7-16(15)24(25)26;/h3-4,6-7,17-18,21H,2,5,8-14H2,1H3,(H,20,22);1H. The number of nitrogens with one attached hydrogen (secondary N) is 2. The first-order valence-electron chi connectivity index (χ1n) is 9.92. The van der Waals surface area contributed by atoms with Gasteiger partial charge in [-0.2, -0.15) is 0 Å². The predicted octanol–water partition coefficient (Wildman–Crippen LogP) is 2.47. The minimum absolute atomic E-state index is 0. The van der Waals surface area contributed by atoms with Gasteiger partial charge in [0.1, 0.15) is 11.8 Å². The summed E-state index contributed by atoms with van der Waals surface area (Å²) >= 11 is 0. The van der Waals surface area contributed by atoms with E-state index in [2.05, 4.69) is 15.5 Å². The summed E-state index contributed by atoms with van der Waals surface area (Å²) in [6.07, 6.45) is 2.39. The highest BCUT2D eigenvalue weighted by Gasteiger charge is 2.32. The molecule has 29 heavy (non-hydrogen) atoms. The first-order valence-corrected chi connectivity index (χ1v) is 9.92. The second-order valence-electron chi connectivity index (χ2n) is 6.84. The molecule has 0 aromatic heterocycles. The van der Waals surface area contributed by atoms with Gasteiger partial charge in [0.05, 0.1) is 24.2 Å². The van der Waals surface area contributed by atoms with Gasteiger partial charge in [-0.15, -0.1) is 24.0 Å². The highest BCUT2D eigenvalue weighted by Crippen LogP contribution is 2.23. The number of nitrogens with zero attached hydrogens (tertiary/aromatic N) is 3. The molecule has 2 fully saturated rings. The molecule has 162 valence electrons. The number of anilines is 1. The molecule has 1 aromatic rings. The molecule has 0 radical (unpaired) electrons. The third-order valence-electron chi connectivity index (χ3n) is 4.90. The summed E-state index contributed by atoms with van der Waals surface area (Å²) in [4.78, 5) is 17.6. The molecule has 10 heteroatoms. The molecule has 3 rings (SSSR count). The number of aliphatic imine (C=N–C) groups is 1. The monoisotopic (exact) mass is 519 g/mol. The van der Waals surface area contributed by atoms with Crippen LogP contribution in [0.2, 0.25) is 0 Å². The topological polar surface area (TPSA) is 101 Å². The van der Waals surface area contributed by atoms with E-state index in [0.29, 0.717) is 25.4 Å². The third-order valence-corrected chi connectivity index (χ3v) is 4.90. The van der Waals surface area contributed by atoms with Crippen LogP contribution in [-0.2, 0) is 9.47 Å². The van der Waals surface area contributed by atoms with Crippen molar-refractivity contribution in [3.8, 4) is 0 Å². The highest BCUT2D eigenvalue weighted by atomic mass is 127. The molecule has 9 nitrogen and oxygen atoms in total. The summed E-state index contributed by atoms with van der Waals surface area (Å²) in [5.41, 5.74) is 0.587. The summed E-state index contributed by atoms with van der Waals surface area (Å²) in [6, 6.07) is 6.64. The number of nitro benzene ring substituents is 1. The molecule has 2 aliphatic heterocycles. The molecular weight excluding hydrogens is 489 g/mol. The molecule has 0 aliphatic carbocycles. The molecule has 0 saturated carbocycles. The highest BCUT2D eigenvalue weighted by molar-refractivity contribution is 14.0. The van der Waals surface area contributed by atoms with Crippen LogP contribution >= 0.6 is 24.0 Å². The number of nitro groups is 1. The number of para-hydroxylation sites is 2. The molecule has 2 unspecified atom stereocenters. The maximum Gasteiger partial charge on any atom is 0.292 e. The lowest BCUT2D eigenvalue weighted by Gasteiger charge is -2.37. The number of benzene rings is 1. The maximum absolute atomic E-state index is 11.1. The van der Waals surface area contributed by atoms with E-state index in [0.717, 1.165) is 45.0 Å². The Kier molecular flexibility index (Phi) is 9.88.